The predicted molar refractivity (Wildman–Crippen MR) is 71.4 cm³/mol. The highest BCUT2D eigenvalue weighted by atomic mass is 32.1. The average molecular weight is 257 g/mol. The van der Waals surface area contributed by atoms with Gasteiger partial charge in [-0.25, -0.2) is 4.98 Å². The molecular formula is C12H23N3OS. The maximum Gasteiger partial charge on any atom is 0.216 e. The zero-order valence-electron chi connectivity index (χ0n) is 11.1. The number of hydrogen-bond donors (Lipinski definition) is 2. The molecule has 1 aromatic rings. The molecule has 4 nitrogen and oxygen atoms in total. The summed E-state index contributed by atoms with van der Waals surface area (Å²) in [6, 6.07) is 0.271. The Kier molecular flexibility index (Phi) is 4.89. The lowest BCUT2D eigenvalue weighted by molar-refractivity contribution is 0.185. The zero-order valence-corrected chi connectivity index (χ0v) is 11.9. The largest absolute Gasteiger partial charge is 0.396 e. The van der Waals surface area contributed by atoms with Crippen molar-refractivity contribution < 1.29 is 5.11 Å². The van der Waals surface area contributed by atoms with Crippen molar-refractivity contribution in [3.63, 3.8) is 0 Å². The van der Waals surface area contributed by atoms with Crippen molar-refractivity contribution >= 4 is 12.2 Å². The third-order valence-corrected chi connectivity index (χ3v) is 3.08. The molecule has 0 bridgehead atoms. The van der Waals surface area contributed by atoms with Gasteiger partial charge in [-0.05, 0) is 36.4 Å². The van der Waals surface area contributed by atoms with Gasteiger partial charge in [-0.2, -0.15) is 0 Å². The number of aromatic amines is 1. The van der Waals surface area contributed by atoms with Crippen LogP contribution < -0.4 is 0 Å². The first-order chi connectivity index (χ1) is 7.83. The highest BCUT2D eigenvalue weighted by molar-refractivity contribution is 7.71. The van der Waals surface area contributed by atoms with Crippen LogP contribution in [0.15, 0.2) is 6.33 Å². The van der Waals surface area contributed by atoms with E-state index in [1.54, 1.807) is 6.33 Å². The second-order valence-corrected chi connectivity index (χ2v) is 6.35. The van der Waals surface area contributed by atoms with E-state index < -0.39 is 0 Å². The Hall–Kier alpha value is -0.680. The van der Waals surface area contributed by atoms with Gasteiger partial charge in [0, 0.05) is 6.61 Å². The summed E-state index contributed by atoms with van der Waals surface area (Å²) in [4.78, 5) is 4.06. The molecule has 0 aliphatic heterocycles. The molecule has 0 radical (unpaired) electrons. The summed E-state index contributed by atoms with van der Waals surface area (Å²) < 4.78 is 2.52. The molecule has 17 heavy (non-hydrogen) atoms. The summed E-state index contributed by atoms with van der Waals surface area (Å²) in [7, 11) is 0. The van der Waals surface area contributed by atoms with E-state index in [1.165, 1.54) is 0 Å². The minimum Gasteiger partial charge on any atom is -0.396 e. The first-order valence-electron chi connectivity index (χ1n) is 6.06. The fraction of sp³-hybridized carbons (Fsp3) is 0.833. The summed E-state index contributed by atoms with van der Waals surface area (Å²) >= 11 is 5.20. The predicted octanol–water partition coefficient (Wildman–Crippen LogP) is 2.94. The number of H-pyrrole nitrogens is 1. The Balaban J connectivity index is 2.87. The van der Waals surface area contributed by atoms with Crippen LogP contribution in [0.2, 0.25) is 0 Å². The highest BCUT2D eigenvalue weighted by Crippen LogP contribution is 2.31. The molecule has 0 saturated heterocycles. The Labute approximate surface area is 108 Å². The molecule has 0 fully saturated rings. The van der Waals surface area contributed by atoms with Crippen LogP contribution in [0.25, 0.3) is 0 Å². The molecule has 1 rings (SSSR count). The molecular weight excluding hydrogens is 234 g/mol. The van der Waals surface area contributed by atoms with E-state index in [1.807, 2.05) is 4.68 Å². The molecule has 0 spiro atoms. The maximum absolute atomic E-state index is 9.19. The second-order valence-electron chi connectivity index (χ2n) is 5.98. The van der Waals surface area contributed by atoms with Gasteiger partial charge in [0.05, 0.1) is 6.04 Å². The summed E-state index contributed by atoms with van der Waals surface area (Å²) in [5, 5.41) is 12.3. The van der Waals surface area contributed by atoms with Crippen LogP contribution in [0, 0.1) is 16.1 Å². The van der Waals surface area contributed by atoms with Gasteiger partial charge in [-0.15, -0.1) is 0 Å². The van der Waals surface area contributed by atoms with Crippen LogP contribution in [0.4, 0.5) is 0 Å². The summed E-state index contributed by atoms with van der Waals surface area (Å²) in [5.74, 6) is 0.271. The molecule has 2 N–H and O–H groups in total. The molecule has 0 aliphatic carbocycles. The second kappa shape index (κ2) is 5.78. The van der Waals surface area contributed by atoms with Crippen molar-refractivity contribution in [1.29, 1.82) is 0 Å². The van der Waals surface area contributed by atoms with E-state index in [-0.39, 0.29) is 24.0 Å². The molecule has 1 aromatic heterocycles. The van der Waals surface area contributed by atoms with E-state index in [0.29, 0.717) is 4.77 Å². The van der Waals surface area contributed by atoms with Gasteiger partial charge in [0.2, 0.25) is 4.77 Å². The standard InChI is InChI=1S/C12H23N3OS/c1-9(7-16)5-10(6-12(2,3)4)15-11(17)13-8-14-15/h8-10,16H,5-7H2,1-4H3,(H,13,14,17). The zero-order chi connectivity index (χ0) is 13.1. The minimum absolute atomic E-state index is 0.210. The van der Waals surface area contributed by atoms with Crippen LogP contribution in [0.5, 0.6) is 0 Å². The molecule has 1 heterocycles. The van der Waals surface area contributed by atoms with Crippen molar-refractivity contribution in [2.24, 2.45) is 11.3 Å². The number of aliphatic hydroxyl groups is 1. The van der Waals surface area contributed by atoms with Crippen LogP contribution in [-0.2, 0) is 0 Å². The van der Waals surface area contributed by atoms with Gasteiger partial charge in [-0.1, -0.05) is 27.7 Å². The quantitative estimate of drug-likeness (QED) is 0.797. The minimum atomic E-state index is 0.210. The lowest BCUT2D eigenvalue weighted by Crippen LogP contribution is -2.21. The van der Waals surface area contributed by atoms with E-state index in [0.717, 1.165) is 12.8 Å². The van der Waals surface area contributed by atoms with Gasteiger partial charge < -0.3 is 5.11 Å². The Morgan fingerprint density at radius 3 is 2.59 bits per heavy atom. The Morgan fingerprint density at radius 2 is 2.18 bits per heavy atom. The number of hydrogen-bond acceptors (Lipinski definition) is 3. The maximum atomic E-state index is 9.19. The van der Waals surface area contributed by atoms with Gasteiger partial charge in [0.1, 0.15) is 6.33 Å². The summed E-state index contributed by atoms with van der Waals surface area (Å²) in [5.41, 5.74) is 0.222. The van der Waals surface area contributed by atoms with Crippen LogP contribution in [0.3, 0.4) is 0 Å². The lowest BCUT2D eigenvalue weighted by atomic mass is 9.85. The van der Waals surface area contributed by atoms with Gasteiger partial charge >= 0.3 is 0 Å². The van der Waals surface area contributed by atoms with E-state index in [2.05, 4.69) is 37.8 Å². The van der Waals surface area contributed by atoms with Crippen molar-refractivity contribution in [3.8, 4) is 0 Å². The van der Waals surface area contributed by atoms with E-state index >= 15 is 0 Å². The highest BCUT2D eigenvalue weighted by Gasteiger charge is 2.22. The fourth-order valence-corrected chi connectivity index (χ4v) is 2.31. The molecule has 0 amide bonds. The number of nitrogens with one attached hydrogen (secondary N) is 1. The first-order valence-corrected chi connectivity index (χ1v) is 6.47. The van der Waals surface area contributed by atoms with Gasteiger partial charge in [-0.3, -0.25) is 9.78 Å². The number of aromatic nitrogens is 3. The van der Waals surface area contributed by atoms with Gasteiger partial charge in [0.15, 0.2) is 0 Å². The molecule has 0 aromatic carbocycles. The first kappa shape index (κ1) is 14.4. The lowest BCUT2D eigenvalue weighted by Gasteiger charge is -2.28. The third kappa shape index (κ3) is 4.60. The molecule has 5 heteroatoms. The number of nitrogens with zero attached hydrogens (tertiary/aromatic N) is 2. The van der Waals surface area contributed by atoms with E-state index in [4.69, 9.17) is 12.2 Å². The topological polar surface area (TPSA) is 53.8 Å². The fourth-order valence-electron chi connectivity index (χ4n) is 2.05. The average Bonchev–Trinajstić information content (AvgIpc) is 2.61. The molecule has 98 valence electrons. The van der Waals surface area contributed by atoms with Crippen LogP contribution >= 0.6 is 12.2 Å². The third-order valence-electron chi connectivity index (χ3n) is 2.78. The number of aliphatic hydroxyl groups excluding tert-OH is 1. The summed E-state index contributed by atoms with van der Waals surface area (Å²) in [6.45, 7) is 8.90. The van der Waals surface area contributed by atoms with Crippen molar-refractivity contribution in [2.45, 2.75) is 46.6 Å². The van der Waals surface area contributed by atoms with Crippen molar-refractivity contribution in [2.75, 3.05) is 6.61 Å². The SMILES string of the molecule is CC(CO)CC(CC(C)(C)C)n1[nH]cnc1=S. The smallest absolute Gasteiger partial charge is 0.216 e. The van der Waals surface area contributed by atoms with E-state index in [9.17, 15) is 5.11 Å². The number of rotatable bonds is 5. The van der Waals surface area contributed by atoms with Crippen LogP contribution in [0.1, 0.15) is 46.6 Å². The van der Waals surface area contributed by atoms with Crippen molar-refractivity contribution in [1.82, 2.24) is 14.8 Å². The van der Waals surface area contributed by atoms with Crippen LogP contribution in [-0.4, -0.2) is 26.5 Å². The summed E-state index contributed by atoms with van der Waals surface area (Å²) in [6.07, 6.45) is 3.54. The molecule has 0 saturated carbocycles. The molecule has 2 atom stereocenters. The Morgan fingerprint density at radius 1 is 1.53 bits per heavy atom. The monoisotopic (exact) mass is 257 g/mol. The molecule has 0 aliphatic rings. The van der Waals surface area contributed by atoms with Gasteiger partial charge in [0.25, 0.3) is 0 Å². The normalized spacial score (nSPS) is 15.8. The van der Waals surface area contributed by atoms with Crippen molar-refractivity contribution in [3.05, 3.63) is 11.1 Å². The molecule has 2 unspecified atom stereocenters. The Bertz CT molecular complexity index is 391.